The van der Waals surface area contributed by atoms with E-state index in [-0.39, 0.29) is 0 Å². The molecule has 1 fully saturated rings. The molecule has 2 heterocycles. The van der Waals surface area contributed by atoms with Crippen molar-refractivity contribution in [1.82, 2.24) is 4.90 Å². The summed E-state index contributed by atoms with van der Waals surface area (Å²) < 4.78 is 10.7. The Hall–Kier alpha value is -1.55. The highest BCUT2D eigenvalue weighted by molar-refractivity contribution is 5.79. The van der Waals surface area contributed by atoms with Crippen LogP contribution >= 0.6 is 0 Å². The summed E-state index contributed by atoms with van der Waals surface area (Å²) in [7, 11) is 0. The van der Waals surface area contributed by atoms with Crippen molar-refractivity contribution in [2.24, 2.45) is 0 Å². The third kappa shape index (κ3) is 3.07. The van der Waals surface area contributed by atoms with E-state index in [1.165, 1.54) is 5.56 Å². The number of rotatable bonds is 4. The summed E-state index contributed by atoms with van der Waals surface area (Å²) in [4.78, 5) is 13.5. The summed E-state index contributed by atoms with van der Waals surface area (Å²) in [6.07, 6.45) is 3.61. The molecular weight excluding hydrogens is 242 g/mol. The second-order valence-corrected chi connectivity index (χ2v) is 5.17. The number of piperidine rings is 1. The van der Waals surface area contributed by atoms with E-state index in [2.05, 4.69) is 17.0 Å². The van der Waals surface area contributed by atoms with Gasteiger partial charge in [-0.1, -0.05) is 6.07 Å². The molecule has 0 N–H and O–H groups in total. The third-order valence-electron chi connectivity index (χ3n) is 3.79. The van der Waals surface area contributed by atoms with Gasteiger partial charge in [0.1, 0.15) is 5.78 Å². The normalized spacial score (nSPS) is 18.8. The first kappa shape index (κ1) is 12.5. The van der Waals surface area contributed by atoms with Crippen LogP contribution in [0, 0.1) is 0 Å². The van der Waals surface area contributed by atoms with Crippen LogP contribution in [0.4, 0.5) is 0 Å². The van der Waals surface area contributed by atoms with E-state index in [1.807, 2.05) is 6.07 Å². The molecule has 3 rings (SSSR count). The molecule has 2 aliphatic rings. The maximum Gasteiger partial charge on any atom is 0.231 e. The molecule has 19 heavy (non-hydrogen) atoms. The first-order chi connectivity index (χ1) is 9.31. The van der Waals surface area contributed by atoms with Gasteiger partial charge in [0, 0.05) is 25.9 Å². The number of fused-ring (bicyclic) bond motifs is 1. The number of hydrogen-bond acceptors (Lipinski definition) is 4. The highest BCUT2D eigenvalue weighted by atomic mass is 16.7. The van der Waals surface area contributed by atoms with Crippen molar-refractivity contribution in [3.63, 3.8) is 0 Å². The van der Waals surface area contributed by atoms with Crippen molar-refractivity contribution in [1.29, 1.82) is 0 Å². The van der Waals surface area contributed by atoms with Crippen LogP contribution in [-0.2, 0) is 11.2 Å². The van der Waals surface area contributed by atoms with E-state index in [0.29, 0.717) is 12.6 Å². The van der Waals surface area contributed by atoms with E-state index in [9.17, 15) is 4.79 Å². The van der Waals surface area contributed by atoms with Gasteiger partial charge in [0.2, 0.25) is 6.79 Å². The van der Waals surface area contributed by atoms with Gasteiger partial charge in [-0.2, -0.15) is 0 Å². The molecular formula is C15H19NO3. The monoisotopic (exact) mass is 261 g/mol. The fourth-order valence-corrected chi connectivity index (χ4v) is 2.63. The van der Waals surface area contributed by atoms with E-state index < -0.39 is 0 Å². The lowest BCUT2D eigenvalue weighted by atomic mass is 10.1. The first-order valence-electron chi connectivity index (χ1n) is 6.94. The molecule has 4 heteroatoms. The quantitative estimate of drug-likeness (QED) is 0.831. The molecule has 1 aromatic rings. The fourth-order valence-electron chi connectivity index (χ4n) is 2.63. The maximum atomic E-state index is 11.2. The number of carbonyl (C=O) groups excluding carboxylic acids is 1. The minimum absolute atomic E-state index is 0.334. The number of ether oxygens (including phenoxy) is 2. The Labute approximate surface area is 113 Å². The molecule has 0 radical (unpaired) electrons. The number of hydrogen-bond donors (Lipinski definition) is 0. The number of carbonyl (C=O) groups is 1. The smallest absolute Gasteiger partial charge is 0.231 e. The fraction of sp³-hybridized carbons (Fsp3) is 0.533. The van der Waals surface area contributed by atoms with Crippen molar-refractivity contribution in [3.05, 3.63) is 23.8 Å². The predicted molar refractivity (Wildman–Crippen MR) is 71.6 cm³/mol. The Morgan fingerprint density at radius 3 is 2.74 bits per heavy atom. The SMILES string of the molecule is O=C1CCN(CCCc2ccc3c(c2)OCO3)CC1. The Bertz CT molecular complexity index is 462. The summed E-state index contributed by atoms with van der Waals surface area (Å²) in [5, 5.41) is 0. The van der Waals surface area contributed by atoms with E-state index >= 15 is 0 Å². The summed E-state index contributed by atoms with van der Waals surface area (Å²) in [5.41, 5.74) is 1.29. The van der Waals surface area contributed by atoms with Gasteiger partial charge in [-0.05, 0) is 37.1 Å². The largest absolute Gasteiger partial charge is 0.454 e. The Morgan fingerprint density at radius 1 is 1.11 bits per heavy atom. The van der Waals surface area contributed by atoms with Gasteiger partial charge in [-0.3, -0.25) is 4.79 Å². The predicted octanol–water partition coefficient (Wildman–Crippen LogP) is 2.01. The topological polar surface area (TPSA) is 38.8 Å². The zero-order valence-electron chi connectivity index (χ0n) is 11.1. The molecule has 0 bridgehead atoms. The maximum absolute atomic E-state index is 11.2. The van der Waals surface area contributed by atoms with Crippen LogP contribution in [0.3, 0.4) is 0 Å². The van der Waals surface area contributed by atoms with Crippen molar-refractivity contribution in [3.8, 4) is 11.5 Å². The number of nitrogens with zero attached hydrogens (tertiary/aromatic N) is 1. The van der Waals surface area contributed by atoms with Crippen molar-refractivity contribution < 1.29 is 14.3 Å². The van der Waals surface area contributed by atoms with Gasteiger partial charge in [-0.25, -0.2) is 0 Å². The molecule has 0 atom stereocenters. The number of Topliss-reactive ketones (excluding diaryl/α,β-unsaturated/α-hetero) is 1. The number of aryl methyl sites for hydroxylation is 1. The third-order valence-corrected chi connectivity index (χ3v) is 3.79. The highest BCUT2D eigenvalue weighted by Crippen LogP contribution is 2.32. The zero-order valence-corrected chi connectivity index (χ0v) is 11.1. The van der Waals surface area contributed by atoms with Gasteiger partial charge in [-0.15, -0.1) is 0 Å². The van der Waals surface area contributed by atoms with Crippen molar-refractivity contribution in [2.75, 3.05) is 26.4 Å². The Kier molecular flexibility index (Phi) is 3.69. The van der Waals surface area contributed by atoms with Gasteiger partial charge in [0.15, 0.2) is 11.5 Å². The molecule has 0 aliphatic carbocycles. The van der Waals surface area contributed by atoms with E-state index in [1.54, 1.807) is 0 Å². The van der Waals surface area contributed by atoms with Gasteiger partial charge < -0.3 is 14.4 Å². The van der Waals surface area contributed by atoms with Crippen LogP contribution in [0.5, 0.6) is 11.5 Å². The van der Waals surface area contributed by atoms with Crippen molar-refractivity contribution >= 4 is 5.78 Å². The van der Waals surface area contributed by atoms with Crippen LogP contribution in [-0.4, -0.2) is 37.1 Å². The molecule has 1 saturated heterocycles. The van der Waals surface area contributed by atoms with E-state index in [0.717, 1.165) is 56.8 Å². The molecule has 0 unspecified atom stereocenters. The lowest BCUT2D eigenvalue weighted by Gasteiger charge is -2.25. The summed E-state index contributed by atoms with van der Waals surface area (Å²) in [5.74, 6) is 2.12. The lowest BCUT2D eigenvalue weighted by Crippen LogP contribution is -2.34. The average molecular weight is 261 g/mol. The summed E-state index contributed by atoms with van der Waals surface area (Å²) in [6, 6.07) is 6.16. The number of benzene rings is 1. The van der Waals surface area contributed by atoms with Crippen LogP contribution in [0.1, 0.15) is 24.8 Å². The number of ketones is 1. The second-order valence-electron chi connectivity index (χ2n) is 5.17. The first-order valence-corrected chi connectivity index (χ1v) is 6.94. The standard InChI is InChI=1S/C15H19NO3/c17-13-5-8-16(9-6-13)7-1-2-12-3-4-14-15(10-12)19-11-18-14/h3-4,10H,1-2,5-9,11H2. The van der Waals surface area contributed by atoms with Crippen molar-refractivity contribution in [2.45, 2.75) is 25.7 Å². The van der Waals surface area contributed by atoms with E-state index in [4.69, 9.17) is 9.47 Å². The molecule has 0 saturated carbocycles. The Morgan fingerprint density at radius 2 is 1.89 bits per heavy atom. The molecule has 0 spiro atoms. The molecule has 102 valence electrons. The van der Waals surface area contributed by atoms with Gasteiger partial charge >= 0.3 is 0 Å². The van der Waals surface area contributed by atoms with Crippen LogP contribution in [0.25, 0.3) is 0 Å². The molecule has 4 nitrogen and oxygen atoms in total. The highest BCUT2D eigenvalue weighted by Gasteiger charge is 2.16. The average Bonchev–Trinajstić information content (AvgIpc) is 2.88. The second kappa shape index (κ2) is 5.61. The Balaban J connectivity index is 1.46. The van der Waals surface area contributed by atoms with Crippen LogP contribution < -0.4 is 9.47 Å². The molecule has 0 aromatic heterocycles. The molecule has 0 amide bonds. The minimum Gasteiger partial charge on any atom is -0.454 e. The van der Waals surface area contributed by atoms with Gasteiger partial charge in [0.25, 0.3) is 0 Å². The van der Waals surface area contributed by atoms with Crippen LogP contribution in [0.15, 0.2) is 18.2 Å². The molecule has 2 aliphatic heterocycles. The summed E-state index contributed by atoms with van der Waals surface area (Å²) in [6.45, 7) is 3.27. The minimum atomic E-state index is 0.334. The zero-order chi connectivity index (χ0) is 13.1. The van der Waals surface area contributed by atoms with Crippen LogP contribution in [0.2, 0.25) is 0 Å². The number of likely N-dealkylation sites (tertiary alicyclic amines) is 1. The molecule has 1 aromatic carbocycles. The lowest BCUT2D eigenvalue weighted by molar-refractivity contribution is -0.121. The summed E-state index contributed by atoms with van der Waals surface area (Å²) >= 11 is 0. The van der Waals surface area contributed by atoms with Gasteiger partial charge in [0.05, 0.1) is 0 Å².